The van der Waals surface area contributed by atoms with Gasteiger partial charge in [0.15, 0.2) is 6.19 Å². The van der Waals surface area contributed by atoms with E-state index in [0.717, 1.165) is 13.3 Å². The zero-order valence-electron chi connectivity index (χ0n) is 5.89. The smallest absolute Gasteiger partial charge is 0.178 e. The average Bonchev–Trinajstić information content (AvgIpc) is 1.95. The van der Waals surface area contributed by atoms with E-state index in [9.17, 15) is 0 Å². The maximum atomic E-state index is 8.23. The zero-order valence-corrected chi connectivity index (χ0v) is 5.89. The fraction of sp³-hybridized carbons (Fsp3) is 0.800. The molecule has 0 unspecified atom stereocenters. The summed E-state index contributed by atoms with van der Waals surface area (Å²) in [5, 5.41) is 16.9. The van der Waals surface area contributed by atoms with Crippen LogP contribution in [0.2, 0.25) is 0 Å². The number of nitrogens with zero attached hydrogens (tertiary/aromatic N) is 2. The molecule has 5 nitrogen and oxygen atoms in total. The van der Waals surface area contributed by atoms with Crippen LogP contribution in [0.3, 0.4) is 0 Å². The van der Waals surface area contributed by atoms with Crippen molar-refractivity contribution in [2.45, 2.75) is 6.29 Å². The van der Waals surface area contributed by atoms with Gasteiger partial charge in [-0.25, -0.2) is 0 Å². The summed E-state index contributed by atoms with van der Waals surface area (Å²) in [5.74, 6) is 0. The molecule has 1 saturated heterocycles. The van der Waals surface area contributed by atoms with Crippen LogP contribution in [0.5, 0.6) is 0 Å². The van der Waals surface area contributed by atoms with Crippen molar-refractivity contribution in [1.29, 1.82) is 5.26 Å². The maximum Gasteiger partial charge on any atom is 0.178 e. The Morgan fingerprint density at radius 3 is 2.70 bits per heavy atom. The maximum absolute atomic E-state index is 8.23. The first kappa shape index (κ1) is 7.28. The number of nitrogens with one attached hydrogen (secondary N) is 3. The highest BCUT2D eigenvalue weighted by atomic mass is 15.4. The van der Waals surface area contributed by atoms with E-state index < -0.39 is 0 Å². The minimum Gasteiger partial charge on any atom is -0.294 e. The minimum atomic E-state index is -0.0683. The first-order valence-electron chi connectivity index (χ1n) is 3.13. The second kappa shape index (κ2) is 3.37. The Hall–Kier alpha value is -0.830. The molecule has 1 aliphatic heterocycles. The fourth-order valence-corrected chi connectivity index (χ4v) is 0.789. The van der Waals surface area contributed by atoms with E-state index in [1.54, 1.807) is 0 Å². The Balaban J connectivity index is 2.21. The molecule has 0 aromatic rings. The summed E-state index contributed by atoms with van der Waals surface area (Å²) in [6.07, 6.45) is 1.79. The fourth-order valence-electron chi connectivity index (χ4n) is 0.789. The van der Waals surface area contributed by atoms with E-state index in [4.69, 9.17) is 5.26 Å². The lowest BCUT2D eigenvalue weighted by atomic mass is 10.6. The van der Waals surface area contributed by atoms with Gasteiger partial charge in [-0.15, -0.1) is 0 Å². The molecule has 0 radical (unpaired) electrons. The van der Waals surface area contributed by atoms with Crippen LogP contribution in [0.15, 0.2) is 0 Å². The lowest BCUT2D eigenvalue weighted by molar-refractivity contribution is 0.175. The van der Waals surface area contributed by atoms with Crippen molar-refractivity contribution in [2.75, 3.05) is 20.4 Å². The summed E-state index contributed by atoms with van der Waals surface area (Å²) in [5.41, 5.74) is 0. The van der Waals surface area contributed by atoms with Crippen molar-refractivity contribution < 1.29 is 0 Å². The lowest BCUT2D eigenvalue weighted by Gasteiger charge is -2.30. The molecule has 0 spiro atoms. The third-order valence-corrected chi connectivity index (χ3v) is 1.34. The largest absolute Gasteiger partial charge is 0.294 e. The van der Waals surface area contributed by atoms with Crippen molar-refractivity contribution in [3.8, 4) is 6.19 Å². The molecule has 0 saturated carbocycles. The van der Waals surface area contributed by atoms with Crippen molar-refractivity contribution in [2.24, 2.45) is 0 Å². The first-order chi connectivity index (χ1) is 4.83. The normalized spacial score (nSPS) is 22.0. The Bertz CT molecular complexity index is 131. The van der Waals surface area contributed by atoms with Gasteiger partial charge in [-0.05, 0) is 7.05 Å². The highest BCUT2D eigenvalue weighted by Crippen LogP contribution is 1.83. The van der Waals surface area contributed by atoms with Crippen LogP contribution in [0.4, 0.5) is 0 Å². The van der Waals surface area contributed by atoms with E-state index in [2.05, 4.69) is 20.9 Å². The number of rotatable bonds is 1. The topological polar surface area (TPSA) is 63.1 Å². The number of hydrogen-bond donors (Lipinski definition) is 3. The minimum absolute atomic E-state index is 0.0683. The summed E-state index contributed by atoms with van der Waals surface area (Å²) >= 11 is 0. The van der Waals surface area contributed by atoms with Crippen LogP contribution in [-0.4, -0.2) is 31.6 Å². The van der Waals surface area contributed by atoms with Crippen LogP contribution in [0, 0.1) is 11.5 Å². The highest BCUT2D eigenvalue weighted by Gasteiger charge is 2.12. The van der Waals surface area contributed by atoms with Gasteiger partial charge in [-0.1, -0.05) is 0 Å². The highest BCUT2D eigenvalue weighted by molar-refractivity contribution is 4.74. The van der Waals surface area contributed by atoms with Crippen LogP contribution in [-0.2, 0) is 0 Å². The van der Waals surface area contributed by atoms with Crippen molar-refractivity contribution in [3.63, 3.8) is 0 Å². The molecule has 5 heteroatoms. The Morgan fingerprint density at radius 2 is 2.20 bits per heavy atom. The van der Waals surface area contributed by atoms with Gasteiger partial charge >= 0.3 is 0 Å². The molecule has 1 fully saturated rings. The van der Waals surface area contributed by atoms with E-state index >= 15 is 0 Å². The van der Waals surface area contributed by atoms with Gasteiger partial charge in [-0.3, -0.25) is 20.9 Å². The second-order valence-corrected chi connectivity index (χ2v) is 2.27. The van der Waals surface area contributed by atoms with Gasteiger partial charge < -0.3 is 0 Å². The SMILES string of the molecule is CN1CNC(NC#N)NC1. The van der Waals surface area contributed by atoms with Gasteiger partial charge in [0.25, 0.3) is 0 Å². The molecule has 1 aliphatic rings. The molecule has 0 aromatic carbocycles. The molecular weight excluding hydrogens is 130 g/mol. The van der Waals surface area contributed by atoms with E-state index in [1.165, 1.54) is 0 Å². The monoisotopic (exact) mass is 141 g/mol. The van der Waals surface area contributed by atoms with E-state index in [-0.39, 0.29) is 6.29 Å². The van der Waals surface area contributed by atoms with Gasteiger partial charge in [0.1, 0.15) is 6.29 Å². The van der Waals surface area contributed by atoms with Gasteiger partial charge in [0, 0.05) is 0 Å². The molecule has 0 aliphatic carbocycles. The molecule has 0 aromatic heterocycles. The summed E-state index contributed by atoms with van der Waals surface area (Å²) < 4.78 is 0. The first-order valence-corrected chi connectivity index (χ1v) is 3.13. The molecule has 0 amide bonds. The molecule has 10 heavy (non-hydrogen) atoms. The van der Waals surface area contributed by atoms with Gasteiger partial charge in [0.05, 0.1) is 13.3 Å². The number of hydrogen-bond acceptors (Lipinski definition) is 5. The third-order valence-electron chi connectivity index (χ3n) is 1.34. The Kier molecular flexibility index (Phi) is 2.45. The molecule has 1 rings (SSSR count). The van der Waals surface area contributed by atoms with Crippen molar-refractivity contribution in [3.05, 3.63) is 0 Å². The molecule has 1 heterocycles. The molecule has 0 bridgehead atoms. The van der Waals surface area contributed by atoms with Crippen LogP contribution >= 0.6 is 0 Å². The summed E-state index contributed by atoms with van der Waals surface area (Å²) in [7, 11) is 1.99. The van der Waals surface area contributed by atoms with E-state index in [1.807, 2.05) is 13.2 Å². The quantitative estimate of drug-likeness (QED) is 0.302. The van der Waals surface area contributed by atoms with Crippen molar-refractivity contribution in [1.82, 2.24) is 20.9 Å². The van der Waals surface area contributed by atoms with Crippen LogP contribution in [0.25, 0.3) is 0 Å². The van der Waals surface area contributed by atoms with Gasteiger partial charge in [-0.2, -0.15) is 5.26 Å². The summed E-state index contributed by atoms with van der Waals surface area (Å²) in [6, 6.07) is 0. The second-order valence-electron chi connectivity index (χ2n) is 2.27. The molecule has 56 valence electrons. The van der Waals surface area contributed by atoms with Crippen LogP contribution < -0.4 is 16.0 Å². The van der Waals surface area contributed by atoms with Gasteiger partial charge in [0.2, 0.25) is 0 Å². The standard InChI is InChI=1S/C5H11N5/c1-10-3-8-5(7-2-6)9-4-10/h5,7-9H,3-4H2,1H3. The summed E-state index contributed by atoms with van der Waals surface area (Å²) in [6.45, 7) is 1.60. The Labute approximate surface area is 60.0 Å². The van der Waals surface area contributed by atoms with Crippen LogP contribution in [0.1, 0.15) is 0 Å². The predicted molar refractivity (Wildman–Crippen MR) is 36.3 cm³/mol. The summed E-state index contributed by atoms with van der Waals surface area (Å²) in [4.78, 5) is 2.07. The number of nitriles is 1. The molecular formula is C5H11N5. The van der Waals surface area contributed by atoms with Crippen molar-refractivity contribution >= 4 is 0 Å². The lowest BCUT2D eigenvalue weighted by Crippen LogP contribution is -2.61. The van der Waals surface area contributed by atoms with E-state index in [0.29, 0.717) is 0 Å². The molecule has 0 atom stereocenters. The average molecular weight is 141 g/mol. The Morgan fingerprint density at radius 1 is 1.60 bits per heavy atom. The predicted octanol–water partition coefficient (Wildman–Crippen LogP) is -1.62. The molecule has 3 N–H and O–H groups in total. The zero-order chi connectivity index (χ0) is 7.40. The third kappa shape index (κ3) is 1.84.